The van der Waals surface area contributed by atoms with Gasteiger partial charge >= 0.3 is 0 Å². The fourth-order valence-electron chi connectivity index (χ4n) is 2.59. The van der Waals surface area contributed by atoms with E-state index in [1.54, 1.807) is 51.5 Å². The van der Waals surface area contributed by atoms with Crippen LogP contribution in [0.1, 0.15) is 11.4 Å². The first-order valence-corrected chi connectivity index (χ1v) is 8.41. The highest BCUT2D eigenvalue weighted by molar-refractivity contribution is 5.67. The highest BCUT2D eigenvalue weighted by Crippen LogP contribution is 2.31. The highest BCUT2D eigenvalue weighted by atomic mass is 19.1. The SMILES string of the molecule is COc1ccc(Nc2cc(NCc3ccccc3F)nc(C)n2)c(OC)c1. The third-order valence-electron chi connectivity index (χ3n) is 3.93. The Morgan fingerprint density at radius 3 is 2.48 bits per heavy atom. The topological polar surface area (TPSA) is 68.3 Å². The van der Waals surface area contributed by atoms with Gasteiger partial charge in [0.15, 0.2) is 0 Å². The molecule has 3 rings (SSSR count). The standard InChI is InChI=1S/C20H21FN4O2/c1-13-23-19(22-12-14-6-4-5-7-16(14)21)11-20(24-13)25-17-9-8-15(26-2)10-18(17)27-3/h4-11H,12H2,1-3H3,(H2,22,23,24,25). The Bertz CT molecular complexity index is 934. The molecule has 0 radical (unpaired) electrons. The van der Waals surface area contributed by atoms with E-state index in [2.05, 4.69) is 20.6 Å². The van der Waals surface area contributed by atoms with E-state index in [1.807, 2.05) is 12.1 Å². The third kappa shape index (κ3) is 4.63. The van der Waals surface area contributed by atoms with E-state index >= 15 is 0 Å². The number of rotatable bonds is 7. The summed E-state index contributed by atoms with van der Waals surface area (Å²) < 4.78 is 24.4. The maximum atomic E-state index is 13.8. The normalized spacial score (nSPS) is 10.4. The molecule has 6 nitrogen and oxygen atoms in total. The lowest BCUT2D eigenvalue weighted by atomic mass is 10.2. The second-order valence-electron chi connectivity index (χ2n) is 5.82. The van der Waals surface area contributed by atoms with Gasteiger partial charge in [-0.05, 0) is 25.1 Å². The van der Waals surface area contributed by atoms with Crippen LogP contribution in [0.15, 0.2) is 48.5 Å². The summed E-state index contributed by atoms with van der Waals surface area (Å²) in [6.07, 6.45) is 0. The lowest BCUT2D eigenvalue weighted by Crippen LogP contribution is -2.06. The lowest BCUT2D eigenvalue weighted by Gasteiger charge is -2.13. The fourth-order valence-corrected chi connectivity index (χ4v) is 2.59. The van der Waals surface area contributed by atoms with Gasteiger partial charge in [0.25, 0.3) is 0 Å². The van der Waals surface area contributed by atoms with Crippen LogP contribution in [0.3, 0.4) is 0 Å². The van der Waals surface area contributed by atoms with Gasteiger partial charge in [-0.15, -0.1) is 0 Å². The number of nitrogens with zero attached hydrogens (tertiary/aromatic N) is 2. The first-order chi connectivity index (χ1) is 13.1. The van der Waals surface area contributed by atoms with E-state index in [4.69, 9.17) is 9.47 Å². The number of anilines is 3. The Kier molecular flexibility index (Phi) is 5.71. The van der Waals surface area contributed by atoms with Crippen LogP contribution < -0.4 is 20.1 Å². The summed E-state index contributed by atoms with van der Waals surface area (Å²) in [6, 6.07) is 13.9. The molecule has 7 heteroatoms. The number of hydrogen-bond donors (Lipinski definition) is 2. The van der Waals surface area contributed by atoms with Gasteiger partial charge in [0, 0.05) is 24.2 Å². The molecule has 0 bridgehead atoms. The second kappa shape index (κ2) is 8.35. The van der Waals surface area contributed by atoms with Gasteiger partial charge in [-0.2, -0.15) is 0 Å². The molecule has 0 fully saturated rings. The van der Waals surface area contributed by atoms with Crippen LogP contribution >= 0.6 is 0 Å². The molecule has 2 aromatic carbocycles. The van der Waals surface area contributed by atoms with E-state index < -0.39 is 0 Å². The third-order valence-corrected chi connectivity index (χ3v) is 3.93. The Morgan fingerprint density at radius 1 is 0.963 bits per heavy atom. The van der Waals surface area contributed by atoms with Crippen LogP contribution in [-0.4, -0.2) is 24.2 Å². The zero-order chi connectivity index (χ0) is 19.2. The van der Waals surface area contributed by atoms with E-state index in [1.165, 1.54) is 6.07 Å². The average Bonchev–Trinajstić information content (AvgIpc) is 2.67. The number of halogens is 1. The van der Waals surface area contributed by atoms with Crippen molar-refractivity contribution in [1.82, 2.24) is 9.97 Å². The van der Waals surface area contributed by atoms with Gasteiger partial charge in [-0.3, -0.25) is 0 Å². The van der Waals surface area contributed by atoms with Crippen molar-refractivity contribution in [3.8, 4) is 11.5 Å². The number of hydrogen-bond acceptors (Lipinski definition) is 6. The summed E-state index contributed by atoms with van der Waals surface area (Å²) >= 11 is 0. The van der Waals surface area contributed by atoms with Crippen molar-refractivity contribution in [3.63, 3.8) is 0 Å². The number of benzene rings is 2. The molecule has 1 aromatic heterocycles. The summed E-state index contributed by atoms with van der Waals surface area (Å²) in [5.41, 5.74) is 1.32. The number of ether oxygens (including phenoxy) is 2. The van der Waals surface area contributed by atoms with E-state index in [-0.39, 0.29) is 5.82 Å². The van der Waals surface area contributed by atoms with Crippen LogP contribution in [0.4, 0.5) is 21.7 Å². The van der Waals surface area contributed by atoms with Gasteiger partial charge < -0.3 is 20.1 Å². The van der Waals surface area contributed by atoms with Crippen LogP contribution in [0.2, 0.25) is 0 Å². The van der Waals surface area contributed by atoms with E-state index in [0.717, 1.165) is 5.69 Å². The molecule has 0 atom stereocenters. The molecule has 0 unspecified atom stereocenters. The summed E-state index contributed by atoms with van der Waals surface area (Å²) in [6.45, 7) is 2.12. The molecule has 140 valence electrons. The lowest BCUT2D eigenvalue weighted by molar-refractivity contribution is 0.395. The number of nitrogens with one attached hydrogen (secondary N) is 2. The van der Waals surface area contributed by atoms with Crippen molar-refractivity contribution >= 4 is 17.3 Å². The molecule has 0 aliphatic carbocycles. The Balaban J connectivity index is 1.78. The number of aromatic nitrogens is 2. The molecule has 0 amide bonds. The highest BCUT2D eigenvalue weighted by Gasteiger charge is 2.09. The molecule has 27 heavy (non-hydrogen) atoms. The predicted molar refractivity (Wildman–Crippen MR) is 103 cm³/mol. The van der Waals surface area contributed by atoms with Gasteiger partial charge in [0.1, 0.15) is 34.8 Å². The Hall–Kier alpha value is -3.35. The van der Waals surface area contributed by atoms with Crippen LogP contribution in [0, 0.1) is 12.7 Å². The fraction of sp³-hybridized carbons (Fsp3) is 0.200. The smallest absolute Gasteiger partial charge is 0.146 e. The van der Waals surface area contributed by atoms with Gasteiger partial charge in [-0.1, -0.05) is 18.2 Å². The maximum absolute atomic E-state index is 13.8. The molecule has 0 aliphatic rings. The Labute approximate surface area is 157 Å². The first-order valence-electron chi connectivity index (χ1n) is 8.41. The largest absolute Gasteiger partial charge is 0.497 e. The second-order valence-corrected chi connectivity index (χ2v) is 5.82. The maximum Gasteiger partial charge on any atom is 0.146 e. The van der Waals surface area contributed by atoms with E-state index in [9.17, 15) is 4.39 Å². The van der Waals surface area contributed by atoms with Crippen molar-refractivity contribution in [2.75, 3.05) is 24.9 Å². The molecule has 3 aromatic rings. The van der Waals surface area contributed by atoms with E-state index in [0.29, 0.717) is 41.1 Å². The monoisotopic (exact) mass is 368 g/mol. The van der Waals surface area contributed by atoms with Crippen molar-refractivity contribution in [1.29, 1.82) is 0 Å². The Morgan fingerprint density at radius 2 is 1.74 bits per heavy atom. The van der Waals surface area contributed by atoms with Gasteiger partial charge in [-0.25, -0.2) is 14.4 Å². The van der Waals surface area contributed by atoms with Crippen molar-refractivity contribution in [2.24, 2.45) is 0 Å². The van der Waals surface area contributed by atoms with Crippen LogP contribution in [0.25, 0.3) is 0 Å². The molecule has 2 N–H and O–H groups in total. The molecular weight excluding hydrogens is 347 g/mol. The summed E-state index contributed by atoms with van der Waals surface area (Å²) in [5, 5.41) is 6.35. The molecular formula is C20H21FN4O2. The van der Waals surface area contributed by atoms with Gasteiger partial charge in [0.2, 0.25) is 0 Å². The number of aryl methyl sites for hydroxylation is 1. The minimum Gasteiger partial charge on any atom is -0.497 e. The molecule has 0 saturated heterocycles. The first kappa shape index (κ1) is 18.4. The molecule has 0 spiro atoms. The zero-order valence-corrected chi connectivity index (χ0v) is 15.4. The van der Waals surface area contributed by atoms with Crippen molar-refractivity contribution in [2.45, 2.75) is 13.5 Å². The van der Waals surface area contributed by atoms with Crippen LogP contribution in [0.5, 0.6) is 11.5 Å². The van der Waals surface area contributed by atoms with Crippen molar-refractivity contribution in [3.05, 3.63) is 65.7 Å². The van der Waals surface area contributed by atoms with Gasteiger partial charge in [0.05, 0.1) is 19.9 Å². The molecule has 0 saturated carbocycles. The van der Waals surface area contributed by atoms with Crippen LogP contribution in [-0.2, 0) is 6.54 Å². The summed E-state index contributed by atoms with van der Waals surface area (Å²) in [5.74, 6) is 2.86. The zero-order valence-electron chi connectivity index (χ0n) is 15.4. The minimum atomic E-state index is -0.253. The van der Waals surface area contributed by atoms with Crippen molar-refractivity contribution < 1.29 is 13.9 Å². The summed E-state index contributed by atoms with van der Waals surface area (Å²) in [4.78, 5) is 8.75. The minimum absolute atomic E-state index is 0.253. The molecule has 0 aliphatic heterocycles. The predicted octanol–water partition coefficient (Wildman–Crippen LogP) is 4.30. The summed E-state index contributed by atoms with van der Waals surface area (Å²) in [7, 11) is 3.19. The molecule has 1 heterocycles. The average molecular weight is 368 g/mol. The quantitative estimate of drug-likeness (QED) is 0.648. The number of methoxy groups -OCH3 is 2.